The number of carbonyl (C=O) groups is 2. The number of aldehydes is 1. The van der Waals surface area contributed by atoms with E-state index in [9.17, 15) is 9.59 Å². The van der Waals surface area contributed by atoms with Crippen LogP contribution >= 0.6 is 0 Å². The molecule has 1 aliphatic rings. The van der Waals surface area contributed by atoms with Gasteiger partial charge in [0.05, 0.1) is 5.56 Å². The number of nitrogens with zero attached hydrogens (tertiary/aromatic N) is 3. The maximum Gasteiger partial charge on any atom is 0.255 e. The number of piperidine rings is 1. The summed E-state index contributed by atoms with van der Waals surface area (Å²) in [5.41, 5.74) is 2.91. The molecule has 0 unspecified atom stereocenters. The predicted molar refractivity (Wildman–Crippen MR) is 96.2 cm³/mol. The van der Waals surface area contributed by atoms with Crippen LogP contribution in [0.1, 0.15) is 40.0 Å². The van der Waals surface area contributed by atoms with E-state index in [4.69, 9.17) is 0 Å². The van der Waals surface area contributed by atoms with Gasteiger partial charge in [-0.05, 0) is 43.5 Å². The third-order valence-electron chi connectivity index (χ3n) is 4.70. The number of carbonyl (C=O) groups excluding carboxylic acids is 2. The molecule has 2 aromatic heterocycles. The second-order valence-corrected chi connectivity index (χ2v) is 6.39. The summed E-state index contributed by atoms with van der Waals surface area (Å²) in [6.45, 7) is 1.66. The van der Waals surface area contributed by atoms with Crippen LogP contribution in [0.5, 0.6) is 0 Å². The Kier molecular flexibility index (Phi) is 4.06. The Labute approximate surface area is 145 Å². The molecule has 0 bridgehead atoms. The van der Waals surface area contributed by atoms with Crippen molar-refractivity contribution in [2.45, 2.75) is 19.3 Å². The maximum atomic E-state index is 12.6. The number of likely N-dealkylation sites (tertiary alicyclic amines) is 1. The van der Waals surface area contributed by atoms with Gasteiger partial charge in [0.1, 0.15) is 11.9 Å². The first kappa shape index (κ1) is 15.6. The van der Waals surface area contributed by atoms with Gasteiger partial charge in [0, 0.05) is 42.1 Å². The number of hydrogen-bond donors (Lipinski definition) is 0. The van der Waals surface area contributed by atoms with E-state index >= 15 is 0 Å². The molecule has 1 amide bonds. The Balaban J connectivity index is 1.69. The summed E-state index contributed by atoms with van der Waals surface area (Å²) in [5, 5.41) is 0.916. The van der Waals surface area contributed by atoms with Gasteiger partial charge in [-0.3, -0.25) is 9.59 Å². The molecule has 1 fully saturated rings. The van der Waals surface area contributed by atoms with Crippen LogP contribution in [0, 0.1) is 0 Å². The Morgan fingerprint density at radius 2 is 1.92 bits per heavy atom. The molecule has 25 heavy (non-hydrogen) atoms. The molecule has 0 N–H and O–H groups in total. The highest BCUT2D eigenvalue weighted by Crippen LogP contribution is 2.21. The Morgan fingerprint density at radius 1 is 1.08 bits per heavy atom. The first-order valence-electron chi connectivity index (χ1n) is 8.58. The highest BCUT2D eigenvalue weighted by Gasteiger charge is 2.19. The number of fused-ring (bicyclic) bond motifs is 1. The molecule has 0 spiro atoms. The van der Waals surface area contributed by atoms with Crippen LogP contribution in [0.15, 0.2) is 48.8 Å². The van der Waals surface area contributed by atoms with Crippen molar-refractivity contribution < 1.29 is 9.59 Å². The van der Waals surface area contributed by atoms with Gasteiger partial charge in [-0.1, -0.05) is 12.1 Å². The standard InChI is InChI=1S/C20H19N3O2/c24-14-15-5-4-6-18(11-15)23-10-7-16-12-17(13-21-19(16)23)20(25)22-8-2-1-3-9-22/h4-7,10-14H,1-3,8-9H2. The minimum absolute atomic E-state index is 0.0600. The van der Waals surface area contributed by atoms with E-state index in [0.29, 0.717) is 11.1 Å². The van der Waals surface area contributed by atoms with E-state index < -0.39 is 0 Å². The Morgan fingerprint density at radius 3 is 2.72 bits per heavy atom. The van der Waals surface area contributed by atoms with Gasteiger partial charge in [0.15, 0.2) is 0 Å². The number of benzene rings is 1. The average Bonchev–Trinajstić information content (AvgIpc) is 3.11. The van der Waals surface area contributed by atoms with Gasteiger partial charge in [0.2, 0.25) is 0 Å². The first-order valence-corrected chi connectivity index (χ1v) is 8.58. The summed E-state index contributed by atoms with van der Waals surface area (Å²) in [7, 11) is 0. The lowest BCUT2D eigenvalue weighted by Gasteiger charge is -2.26. The molecule has 5 heteroatoms. The maximum absolute atomic E-state index is 12.6. The number of aromatic nitrogens is 2. The second-order valence-electron chi connectivity index (χ2n) is 6.39. The number of pyridine rings is 1. The van der Waals surface area contributed by atoms with Crippen molar-refractivity contribution in [3.05, 3.63) is 59.9 Å². The molecule has 1 aliphatic heterocycles. The van der Waals surface area contributed by atoms with E-state index in [1.807, 2.05) is 46.0 Å². The van der Waals surface area contributed by atoms with Crippen LogP contribution in [0.3, 0.4) is 0 Å². The van der Waals surface area contributed by atoms with Crippen LogP contribution in [0.2, 0.25) is 0 Å². The zero-order valence-corrected chi connectivity index (χ0v) is 13.9. The average molecular weight is 333 g/mol. The van der Waals surface area contributed by atoms with Crippen molar-refractivity contribution in [3.63, 3.8) is 0 Å². The van der Waals surface area contributed by atoms with Crippen LogP contribution < -0.4 is 0 Å². The minimum atomic E-state index is 0.0600. The summed E-state index contributed by atoms with van der Waals surface area (Å²) < 4.78 is 1.93. The first-order chi connectivity index (χ1) is 12.3. The monoisotopic (exact) mass is 333 g/mol. The van der Waals surface area contributed by atoms with Crippen molar-refractivity contribution in [3.8, 4) is 5.69 Å². The molecule has 1 saturated heterocycles. The summed E-state index contributed by atoms with van der Waals surface area (Å²) in [4.78, 5) is 30.1. The molecule has 1 aromatic carbocycles. The lowest BCUT2D eigenvalue weighted by atomic mass is 10.1. The summed E-state index contributed by atoms with van der Waals surface area (Å²) >= 11 is 0. The topological polar surface area (TPSA) is 55.2 Å². The fourth-order valence-corrected chi connectivity index (χ4v) is 3.38. The minimum Gasteiger partial charge on any atom is -0.339 e. The molecular formula is C20H19N3O2. The molecule has 0 radical (unpaired) electrons. The summed E-state index contributed by atoms with van der Waals surface area (Å²) in [5.74, 6) is 0.0600. The van der Waals surface area contributed by atoms with E-state index in [-0.39, 0.29) is 5.91 Å². The van der Waals surface area contributed by atoms with E-state index in [1.165, 1.54) is 6.42 Å². The predicted octanol–water partition coefficient (Wildman–Crippen LogP) is 3.46. The molecule has 3 heterocycles. The molecule has 3 aromatic rings. The molecule has 0 atom stereocenters. The molecule has 5 nitrogen and oxygen atoms in total. The third-order valence-corrected chi connectivity index (χ3v) is 4.70. The van der Waals surface area contributed by atoms with Crippen LogP contribution in [-0.4, -0.2) is 39.7 Å². The Hall–Kier alpha value is -2.95. The van der Waals surface area contributed by atoms with Crippen molar-refractivity contribution in [1.29, 1.82) is 0 Å². The van der Waals surface area contributed by atoms with Gasteiger partial charge >= 0.3 is 0 Å². The van der Waals surface area contributed by atoms with Crippen LogP contribution in [0.25, 0.3) is 16.7 Å². The number of hydrogen-bond acceptors (Lipinski definition) is 3. The zero-order valence-electron chi connectivity index (χ0n) is 13.9. The van der Waals surface area contributed by atoms with Crippen LogP contribution in [0.4, 0.5) is 0 Å². The van der Waals surface area contributed by atoms with Gasteiger partial charge in [-0.2, -0.15) is 0 Å². The lowest BCUT2D eigenvalue weighted by Crippen LogP contribution is -2.35. The van der Waals surface area contributed by atoms with Gasteiger partial charge in [0.25, 0.3) is 5.91 Å². The largest absolute Gasteiger partial charge is 0.339 e. The highest BCUT2D eigenvalue weighted by atomic mass is 16.2. The highest BCUT2D eigenvalue weighted by molar-refractivity contribution is 5.97. The SMILES string of the molecule is O=Cc1cccc(-n2ccc3cc(C(=O)N4CCCCC4)cnc32)c1. The molecular weight excluding hydrogens is 314 g/mol. The van der Waals surface area contributed by atoms with Crippen molar-refractivity contribution in [1.82, 2.24) is 14.5 Å². The fourth-order valence-electron chi connectivity index (χ4n) is 3.38. The fraction of sp³-hybridized carbons (Fsp3) is 0.250. The summed E-state index contributed by atoms with van der Waals surface area (Å²) in [6, 6.07) is 11.2. The molecule has 0 saturated carbocycles. The van der Waals surface area contributed by atoms with E-state index in [2.05, 4.69) is 4.98 Å². The zero-order chi connectivity index (χ0) is 17.2. The lowest BCUT2D eigenvalue weighted by molar-refractivity contribution is 0.0724. The normalized spacial score (nSPS) is 14.6. The van der Waals surface area contributed by atoms with Crippen molar-refractivity contribution >= 4 is 23.2 Å². The summed E-state index contributed by atoms with van der Waals surface area (Å²) in [6.07, 6.45) is 7.74. The van der Waals surface area contributed by atoms with Gasteiger partial charge in [-0.25, -0.2) is 4.98 Å². The van der Waals surface area contributed by atoms with Gasteiger partial charge < -0.3 is 9.47 Å². The third kappa shape index (κ3) is 2.93. The van der Waals surface area contributed by atoms with Gasteiger partial charge in [-0.15, -0.1) is 0 Å². The smallest absolute Gasteiger partial charge is 0.255 e. The molecule has 4 rings (SSSR count). The van der Waals surface area contributed by atoms with Crippen LogP contribution in [-0.2, 0) is 0 Å². The number of rotatable bonds is 3. The Bertz CT molecular complexity index is 939. The van der Waals surface area contributed by atoms with Crippen molar-refractivity contribution in [2.24, 2.45) is 0 Å². The number of amides is 1. The second kappa shape index (κ2) is 6.51. The molecule has 0 aliphatic carbocycles. The van der Waals surface area contributed by atoms with Crippen molar-refractivity contribution in [2.75, 3.05) is 13.1 Å². The molecule has 126 valence electrons. The van der Waals surface area contributed by atoms with E-state index in [0.717, 1.165) is 48.9 Å². The quantitative estimate of drug-likeness (QED) is 0.690. The van der Waals surface area contributed by atoms with E-state index in [1.54, 1.807) is 12.3 Å².